The highest BCUT2D eigenvalue weighted by atomic mass is 32.2. The van der Waals surface area contributed by atoms with Crippen LogP contribution >= 0.6 is 24.0 Å². The molecule has 2 aliphatic heterocycles. The monoisotopic (exact) mass is 624 g/mol. The molecule has 2 N–H and O–H groups in total. The zero-order valence-electron chi connectivity index (χ0n) is 24.9. The molecule has 0 aromatic heterocycles. The highest BCUT2D eigenvalue weighted by Gasteiger charge is 2.36. The van der Waals surface area contributed by atoms with Crippen LogP contribution in [0.25, 0.3) is 0 Å². The Balaban J connectivity index is 1.29. The largest absolute Gasteiger partial charge is 0.457 e. The van der Waals surface area contributed by atoms with Gasteiger partial charge in [-0.1, -0.05) is 74.7 Å². The van der Waals surface area contributed by atoms with Crippen LogP contribution in [0.3, 0.4) is 0 Å². The van der Waals surface area contributed by atoms with Crippen LogP contribution in [0.4, 0.5) is 0 Å². The third-order valence-electron chi connectivity index (χ3n) is 8.59. The number of thioether (sulfide) groups is 1. The number of nitrogens with one attached hydrogen (secondary N) is 2. The second kappa shape index (κ2) is 16.4. The van der Waals surface area contributed by atoms with E-state index < -0.39 is 0 Å². The molecule has 232 valence electrons. The third-order valence-corrected chi connectivity index (χ3v) is 9.94. The van der Waals surface area contributed by atoms with Crippen LogP contribution in [0.15, 0.2) is 54.6 Å². The van der Waals surface area contributed by atoms with Gasteiger partial charge in [0.2, 0.25) is 11.8 Å². The number of nitrogens with zero attached hydrogens (tertiary/aromatic N) is 2. The zero-order chi connectivity index (χ0) is 29.9. The molecule has 3 fully saturated rings. The molecule has 43 heavy (non-hydrogen) atoms. The van der Waals surface area contributed by atoms with Crippen LogP contribution in [0.2, 0.25) is 0 Å². The van der Waals surface area contributed by atoms with Crippen molar-refractivity contribution < 1.29 is 19.1 Å². The quantitative estimate of drug-likeness (QED) is 0.321. The first kappa shape index (κ1) is 31.8. The number of amides is 2. The van der Waals surface area contributed by atoms with Crippen molar-refractivity contribution in [1.29, 1.82) is 0 Å². The zero-order valence-corrected chi connectivity index (χ0v) is 26.5. The van der Waals surface area contributed by atoms with Crippen molar-refractivity contribution in [3.8, 4) is 11.5 Å². The summed E-state index contributed by atoms with van der Waals surface area (Å²) < 4.78 is 11.4. The molecule has 3 aliphatic rings. The fourth-order valence-electron chi connectivity index (χ4n) is 6.06. The van der Waals surface area contributed by atoms with E-state index in [1.807, 2.05) is 59.5 Å². The third kappa shape index (κ3) is 9.41. The maximum atomic E-state index is 14.0. The second-order valence-electron chi connectivity index (χ2n) is 11.6. The van der Waals surface area contributed by atoms with E-state index in [-0.39, 0.29) is 30.4 Å². The normalized spacial score (nSPS) is 19.9. The van der Waals surface area contributed by atoms with Gasteiger partial charge in [-0.05, 0) is 48.6 Å². The Morgan fingerprint density at radius 3 is 2.47 bits per heavy atom. The Hall–Kier alpha value is -2.66. The maximum absolute atomic E-state index is 14.0. The summed E-state index contributed by atoms with van der Waals surface area (Å²) in [5.41, 5.74) is 1.06. The summed E-state index contributed by atoms with van der Waals surface area (Å²) in [6.45, 7) is 2.73. The molecule has 0 spiro atoms. The van der Waals surface area contributed by atoms with Gasteiger partial charge in [0, 0.05) is 31.3 Å². The molecule has 0 bridgehead atoms. The summed E-state index contributed by atoms with van der Waals surface area (Å²) in [5.74, 6) is 3.57. The summed E-state index contributed by atoms with van der Waals surface area (Å²) in [4.78, 5) is 31.7. The van der Waals surface area contributed by atoms with Crippen LogP contribution in [0, 0.1) is 5.92 Å². The number of benzene rings is 2. The van der Waals surface area contributed by atoms with Crippen LogP contribution in [0.5, 0.6) is 11.5 Å². The van der Waals surface area contributed by atoms with E-state index >= 15 is 0 Å². The number of carbonyl (C=O) groups excluding carboxylic acids is 2. The lowest BCUT2D eigenvalue weighted by atomic mass is 9.85. The van der Waals surface area contributed by atoms with Gasteiger partial charge in [-0.2, -0.15) is 0 Å². The molecule has 1 unspecified atom stereocenters. The fourth-order valence-corrected chi connectivity index (χ4v) is 7.31. The van der Waals surface area contributed by atoms with Crippen LogP contribution in [0.1, 0.15) is 50.5 Å². The molecule has 0 radical (unpaired) electrons. The van der Waals surface area contributed by atoms with E-state index in [1.54, 1.807) is 16.7 Å². The number of thiocarbonyl (C=S) groups is 1. The average Bonchev–Trinajstić information content (AvgIpc) is 3.60. The molecule has 2 heterocycles. The smallest absolute Gasteiger partial charge is 0.242 e. The molecule has 2 aromatic rings. The molecular formula is C33H44N4O4S2. The Kier molecular flexibility index (Phi) is 12.1. The first-order chi connectivity index (χ1) is 21.1. The number of para-hydroxylation sites is 1. The topological polar surface area (TPSA) is 83.1 Å². The SMILES string of the molecule is O=C(CN(C(=O)C1CSCN1)[C@H](CCC1CCCCC1)C(=S)NCc1ccc(Oc2ccccc2)cc1)N1CCOCC1. The highest BCUT2D eigenvalue weighted by Crippen LogP contribution is 2.29. The van der Waals surface area contributed by atoms with E-state index in [4.69, 9.17) is 21.7 Å². The molecule has 2 aromatic carbocycles. The summed E-state index contributed by atoms with van der Waals surface area (Å²) >= 11 is 7.74. The number of ether oxygens (including phenoxy) is 2. The summed E-state index contributed by atoms with van der Waals surface area (Å²) in [5, 5.41) is 6.78. The van der Waals surface area contributed by atoms with Crippen molar-refractivity contribution in [2.45, 2.75) is 63.6 Å². The lowest BCUT2D eigenvalue weighted by Gasteiger charge is -2.37. The van der Waals surface area contributed by atoms with Crippen molar-refractivity contribution in [3.63, 3.8) is 0 Å². The van der Waals surface area contributed by atoms with Gasteiger partial charge in [0.15, 0.2) is 0 Å². The number of carbonyl (C=O) groups is 2. The van der Waals surface area contributed by atoms with E-state index in [9.17, 15) is 9.59 Å². The molecule has 5 rings (SSSR count). The Morgan fingerprint density at radius 1 is 1.05 bits per heavy atom. The van der Waals surface area contributed by atoms with Gasteiger partial charge in [0.25, 0.3) is 0 Å². The number of hydrogen-bond acceptors (Lipinski definition) is 7. The Bertz CT molecular complexity index is 1180. The van der Waals surface area contributed by atoms with E-state index in [0.717, 1.165) is 35.8 Å². The number of hydrogen-bond donors (Lipinski definition) is 2. The molecule has 2 atom stereocenters. The van der Waals surface area contributed by atoms with Gasteiger partial charge >= 0.3 is 0 Å². The highest BCUT2D eigenvalue weighted by molar-refractivity contribution is 7.99. The van der Waals surface area contributed by atoms with Gasteiger partial charge < -0.3 is 24.6 Å². The van der Waals surface area contributed by atoms with Crippen LogP contribution in [-0.2, 0) is 20.9 Å². The number of rotatable bonds is 12. The van der Waals surface area contributed by atoms with Crippen molar-refractivity contribution in [1.82, 2.24) is 20.4 Å². The van der Waals surface area contributed by atoms with Crippen molar-refractivity contribution in [3.05, 3.63) is 60.2 Å². The molecule has 1 saturated carbocycles. The number of morpholine rings is 1. The van der Waals surface area contributed by atoms with Crippen LogP contribution < -0.4 is 15.4 Å². The Morgan fingerprint density at radius 2 is 1.77 bits per heavy atom. The van der Waals surface area contributed by atoms with Crippen molar-refractivity contribution in [2.24, 2.45) is 5.92 Å². The first-order valence-electron chi connectivity index (χ1n) is 15.6. The van der Waals surface area contributed by atoms with E-state index in [2.05, 4.69) is 10.6 Å². The minimum Gasteiger partial charge on any atom is -0.457 e. The lowest BCUT2D eigenvalue weighted by molar-refractivity contribution is -0.144. The molecule has 2 saturated heterocycles. The molecule has 2 amide bonds. The van der Waals surface area contributed by atoms with Crippen LogP contribution in [-0.4, -0.2) is 83.2 Å². The molecule has 10 heteroatoms. The summed E-state index contributed by atoms with van der Waals surface area (Å²) in [6.07, 6.45) is 8.05. The minimum atomic E-state index is -0.345. The molecule has 1 aliphatic carbocycles. The minimum absolute atomic E-state index is 0.0321. The Labute approximate surface area is 265 Å². The standard InChI is InChI=1S/C33H44N4O4S2/c38-31(36-17-19-40-20-18-36)22-37(33(39)29-23-43-24-35-29)30(16-13-25-7-3-1-4-8-25)32(42)34-21-26-11-14-28(15-12-26)41-27-9-5-2-6-10-27/h2,5-6,9-12,14-15,25,29-30,35H,1,3-4,7-8,13,16-24H2,(H,34,42)/t29?,30-/m1/s1. The fraction of sp³-hybridized carbons (Fsp3) is 0.545. The van der Waals surface area contributed by atoms with Crippen molar-refractivity contribution >= 4 is 40.8 Å². The molecule has 8 nitrogen and oxygen atoms in total. The first-order valence-corrected chi connectivity index (χ1v) is 17.2. The summed E-state index contributed by atoms with van der Waals surface area (Å²) in [7, 11) is 0. The van der Waals surface area contributed by atoms with Crippen molar-refractivity contribution in [2.75, 3.05) is 44.5 Å². The van der Waals surface area contributed by atoms with Gasteiger partial charge in [-0.25, -0.2) is 0 Å². The predicted octanol–water partition coefficient (Wildman–Crippen LogP) is 4.97. The predicted molar refractivity (Wildman–Crippen MR) is 175 cm³/mol. The van der Waals surface area contributed by atoms with Gasteiger partial charge in [0.1, 0.15) is 18.0 Å². The molecular weight excluding hydrogens is 581 g/mol. The van der Waals surface area contributed by atoms with E-state index in [0.29, 0.717) is 49.5 Å². The van der Waals surface area contributed by atoms with E-state index in [1.165, 1.54) is 32.1 Å². The van der Waals surface area contributed by atoms with Gasteiger partial charge in [0.05, 0.1) is 30.3 Å². The maximum Gasteiger partial charge on any atom is 0.242 e. The van der Waals surface area contributed by atoms with Gasteiger partial charge in [-0.15, -0.1) is 11.8 Å². The lowest BCUT2D eigenvalue weighted by Crippen LogP contribution is -2.57. The van der Waals surface area contributed by atoms with Gasteiger partial charge in [-0.3, -0.25) is 14.9 Å². The second-order valence-corrected chi connectivity index (χ2v) is 13.1. The average molecular weight is 625 g/mol. The summed E-state index contributed by atoms with van der Waals surface area (Å²) in [6, 6.07) is 17.0.